The van der Waals surface area contributed by atoms with Crippen molar-refractivity contribution in [2.75, 3.05) is 13.1 Å². The molecular formula is C17H18F3N2. The summed E-state index contributed by atoms with van der Waals surface area (Å²) in [6, 6.07) is 7.27. The number of hydrogen-bond donors (Lipinski definition) is 0. The van der Waals surface area contributed by atoms with Crippen LogP contribution in [0.2, 0.25) is 0 Å². The Bertz CT molecular complexity index is 608. The van der Waals surface area contributed by atoms with Gasteiger partial charge in [0, 0.05) is 24.6 Å². The second-order valence-corrected chi connectivity index (χ2v) is 5.61. The maximum Gasteiger partial charge on any atom is 0.416 e. The van der Waals surface area contributed by atoms with Crippen LogP contribution in [0.3, 0.4) is 0 Å². The van der Waals surface area contributed by atoms with Crippen molar-refractivity contribution < 1.29 is 13.2 Å². The minimum atomic E-state index is -4.29. The second kappa shape index (κ2) is 6.16. The van der Waals surface area contributed by atoms with Crippen LogP contribution in [0.4, 0.5) is 13.2 Å². The molecule has 22 heavy (non-hydrogen) atoms. The van der Waals surface area contributed by atoms with Crippen LogP contribution in [-0.4, -0.2) is 22.6 Å². The Morgan fingerprint density at radius 1 is 0.955 bits per heavy atom. The van der Waals surface area contributed by atoms with Gasteiger partial charge in [-0.25, -0.2) is 0 Å². The van der Waals surface area contributed by atoms with Gasteiger partial charge in [-0.05, 0) is 68.2 Å². The fraction of sp³-hybridized carbons (Fsp3) is 0.353. The molecule has 0 bridgehead atoms. The van der Waals surface area contributed by atoms with Crippen LogP contribution in [0.15, 0.2) is 42.7 Å². The quantitative estimate of drug-likeness (QED) is 0.821. The number of likely N-dealkylation sites (tertiary alicyclic amines) is 1. The van der Waals surface area contributed by atoms with Crippen molar-refractivity contribution in [1.29, 1.82) is 0 Å². The van der Waals surface area contributed by atoms with Gasteiger partial charge in [-0.2, -0.15) is 13.2 Å². The molecule has 1 saturated heterocycles. The molecule has 0 spiro atoms. The number of alkyl halides is 3. The lowest BCUT2D eigenvalue weighted by atomic mass is 10.1. The first-order valence-electron chi connectivity index (χ1n) is 7.41. The number of halogens is 3. The van der Waals surface area contributed by atoms with Crippen LogP contribution in [-0.2, 0) is 12.7 Å². The fourth-order valence-corrected chi connectivity index (χ4v) is 2.74. The third kappa shape index (κ3) is 3.53. The topological polar surface area (TPSA) is 8.17 Å². The molecule has 0 amide bonds. The Kier molecular flexibility index (Phi) is 4.25. The lowest BCUT2D eigenvalue weighted by molar-refractivity contribution is -0.137. The average Bonchev–Trinajstić information content (AvgIpc) is 2.96. The molecule has 0 saturated carbocycles. The first kappa shape index (κ1) is 15.2. The van der Waals surface area contributed by atoms with Gasteiger partial charge < -0.3 is 4.57 Å². The van der Waals surface area contributed by atoms with Gasteiger partial charge in [0.15, 0.2) is 0 Å². The molecule has 2 nitrogen and oxygen atoms in total. The van der Waals surface area contributed by atoms with Crippen molar-refractivity contribution in [1.82, 2.24) is 9.47 Å². The summed E-state index contributed by atoms with van der Waals surface area (Å²) < 4.78 is 39.6. The van der Waals surface area contributed by atoms with E-state index < -0.39 is 11.7 Å². The zero-order valence-corrected chi connectivity index (χ0v) is 12.2. The molecular weight excluding hydrogens is 289 g/mol. The highest BCUT2D eigenvalue weighted by atomic mass is 19.4. The molecule has 1 radical (unpaired) electrons. The summed E-state index contributed by atoms with van der Waals surface area (Å²) in [4.78, 5) is 2.40. The van der Waals surface area contributed by atoms with E-state index in [1.807, 2.05) is 23.0 Å². The average molecular weight is 307 g/mol. The number of nitrogens with zero attached hydrogens (tertiary/aromatic N) is 2. The zero-order chi connectivity index (χ0) is 15.6. The Hall–Kier alpha value is -1.75. The Morgan fingerprint density at radius 3 is 2.27 bits per heavy atom. The fourth-order valence-electron chi connectivity index (χ4n) is 2.74. The molecule has 1 aromatic heterocycles. The van der Waals surface area contributed by atoms with Gasteiger partial charge >= 0.3 is 6.18 Å². The van der Waals surface area contributed by atoms with E-state index in [0.717, 1.165) is 50.3 Å². The second-order valence-electron chi connectivity index (χ2n) is 5.61. The van der Waals surface area contributed by atoms with Gasteiger partial charge in [0.25, 0.3) is 0 Å². The normalized spacial score (nSPS) is 16.9. The van der Waals surface area contributed by atoms with Crippen molar-refractivity contribution in [3.05, 3.63) is 60.3 Å². The number of benzene rings is 1. The Balaban J connectivity index is 1.70. The summed E-state index contributed by atoms with van der Waals surface area (Å²) in [6.07, 6.45) is 4.16. The number of rotatable bonds is 3. The van der Waals surface area contributed by atoms with Crippen molar-refractivity contribution in [3.8, 4) is 5.69 Å². The summed E-state index contributed by atoms with van der Waals surface area (Å²) in [5.74, 6) is 0. The van der Waals surface area contributed by atoms with Crippen LogP contribution in [0.5, 0.6) is 0 Å². The van der Waals surface area contributed by atoms with Crippen molar-refractivity contribution >= 4 is 0 Å². The van der Waals surface area contributed by atoms with Gasteiger partial charge in [0.05, 0.1) is 5.56 Å². The summed E-state index contributed by atoms with van der Waals surface area (Å²) in [5, 5.41) is 0. The maximum atomic E-state index is 12.6. The van der Waals surface area contributed by atoms with Crippen molar-refractivity contribution in [3.63, 3.8) is 0 Å². The van der Waals surface area contributed by atoms with E-state index in [-0.39, 0.29) is 0 Å². The minimum absolute atomic E-state index is 0.617. The molecule has 1 aliphatic rings. The molecule has 1 aliphatic heterocycles. The Labute approximate surface area is 128 Å². The van der Waals surface area contributed by atoms with E-state index in [4.69, 9.17) is 0 Å². The third-order valence-corrected chi connectivity index (χ3v) is 3.95. The lowest BCUT2D eigenvalue weighted by Crippen LogP contribution is -2.29. The van der Waals surface area contributed by atoms with E-state index in [1.165, 1.54) is 17.7 Å². The molecule has 0 atom stereocenters. The third-order valence-electron chi connectivity index (χ3n) is 3.95. The summed E-state index contributed by atoms with van der Waals surface area (Å²) in [5.41, 5.74) is 1.31. The highest BCUT2D eigenvalue weighted by Gasteiger charge is 2.29. The van der Waals surface area contributed by atoms with Crippen LogP contribution >= 0.6 is 0 Å². The van der Waals surface area contributed by atoms with E-state index in [1.54, 1.807) is 0 Å². The van der Waals surface area contributed by atoms with E-state index in [9.17, 15) is 13.2 Å². The zero-order valence-electron chi connectivity index (χ0n) is 12.2. The smallest absolute Gasteiger partial charge is 0.324 e. The van der Waals surface area contributed by atoms with Crippen molar-refractivity contribution in [2.45, 2.75) is 25.6 Å². The Morgan fingerprint density at radius 2 is 1.64 bits per heavy atom. The SMILES string of the molecule is FC(F)(F)c1ccc(-n2ccc(CN3CC[CH]CC3)c2)cc1. The number of aromatic nitrogens is 1. The first-order chi connectivity index (χ1) is 10.5. The van der Waals surface area contributed by atoms with Gasteiger partial charge in [0.1, 0.15) is 0 Å². The molecule has 117 valence electrons. The van der Waals surface area contributed by atoms with Crippen molar-refractivity contribution in [2.24, 2.45) is 0 Å². The highest BCUT2D eigenvalue weighted by molar-refractivity contribution is 5.37. The van der Waals surface area contributed by atoms with Crippen LogP contribution in [0, 0.1) is 6.42 Å². The predicted octanol–water partition coefficient (Wildman–Crippen LogP) is 4.30. The summed E-state index contributed by atoms with van der Waals surface area (Å²) in [7, 11) is 0. The molecule has 3 rings (SSSR count). The predicted molar refractivity (Wildman–Crippen MR) is 79.6 cm³/mol. The highest BCUT2D eigenvalue weighted by Crippen LogP contribution is 2.29. The van der Waals surface area contributed by atoms with E-state index in [2.05, 4.69) is 11.3 Å². The van der Waals surface area contributed by atoms with Crippen LogP contribution < -0.4 is 0 Å². The van der Waals surface area contributed by atoms with E-state index >= 15 is 0 Å². The van der Waals surface area contributed by atoms with Gasteiger partial charge in [-0.1, -0.05) is 0 Å². The van der Waals surface area contributed by atoms with Crippen LogP contribution in [0.1, 0.15) is 24.0 Å². The number of hydrogen-bond acceptors (Lipinski definition) is 1. The standard InChI is InChI=1S/C17H18F3N2/c18-17(19,20)15-4-6-16(7-5-15)22-11-8-14(13-22)12-21-9-2-1-3-10-21/h1,4-8,11,13H,2-3,9-10,12H2. The molecule has 1 aromatic carbocycles. The molecule has 2 aromatic rings. The van der Waals surface area contributed by atoms with Crippen LogP contribution in [0.25, 0.3) is 5.69 Å². The first-order valence-corrected chi connectivity index (χ1v) is 7.41. The van der Waals surface area contributed by atoms with Gasteiger partial charge in [0.2, 0.25) is 0 Å². The monoisotopic (exact) mass is 307 g/mol. The molecule has 5 heteroatoms. The molecule has 2 heterocycles. The summed E-state index contributed by atoms with van der Waals surface area (Å²) in [6.45, 7) is 3.04. The van der Waals surface area contributed by atoms with Gasteiger partial charge in [-0.15, -0.1) is 0 Å². The summed E-state index contributed by atoms with van der Waals surface area (Å²) >= 11 is 0. The number of piperidine rings is 1. The van der Waals surface area contributed by atoms with Gasteiger partial charge in [-0.3, -0.25) is 4.90 Å². The van der Waals surface area contributed by atoms with E-state index in [0.29, 0.717) is 0 Å². The largest absolute Gasteiger partial charge is 0.416 e. The lowest BCUT2D eigenvalue weighted by Gasteiger charge is -2.25. The molecule has 1 fully saturated rings. The molecule has 0 N–H and O–H groups in total. The molecule has 0 unspecified atom stereocenters. The maximum absolute atomic E-state index is 12.6. The molecule has 0 aliphatic carbocycles. The minimum Gasteiger partial charge on any atom is -0.324 e.